The van der Waals surface area contributed by atoms with E-state index >= 15 is 0 Å². The number of carbonyl (C=O) groups is 1. The molecule has 0 saturated carbocycles. The lowest BCUT2D eigenvalue weighted by molar-refractivity contribution is 0.0994. The van der Waals surface area contributed by atoms with Gasteiger partial charge in [-0.25, -0.2) is 0 Å². The van der Waals surface area contributed by atoms with Crippen LogP contribution in [0.2, 0.25) is 0 Å². The Morgan fingerprint density at radius 2 is 2.31 bits per heavy atom. The first-order valence-electron chi connectivity index (χ1n) is 4.43. The number of ketones is 1. The van der Waals surface area contributed by atoms with Crippen LogP contribution in [-0.4, -0.2) is 10.8 Å². The van der Waals surface area contributed by atoms with Gasteiger partial charge in [0.1, 0.15) is 0 Å². The van der Waals surface area contributed by atoms with Crippen molar-refractivity contribution in [3.63, 3.8) is 0 Å². The third-order valence-electron chi connectivity index (χ3n) is 2.37. The molecule has 1 heterocycles. The van der Waals surface area contributed by atoms with Gasteiger partial charge in [0.05, 0.1) is 0 Å². The van der Waals surface area contributed by atoms with E-state index in [0.717, 1.165) is 29.5 Å². The molecule has 0 atom stereocenters. The van der Waals surface area contributed by atoms with Crippen molar-refractivity contribution in [1.82, 2.24) is 4.98 Å². The summed E-state index contributed by atoms with van der Waals surface area (Å²) in [5.74, 6) is 0.259. The SMILES string of the molecule is C=CCc1cncc2c1C(=O)CC2. The zero-order valence-electron chi connectivity index (χ0n) is 7.42. The fourth-order valence-corrected chi connectivity index (χ4v) is 1.78. The second kappa shape index (κ2) is 3.13. The zero-order chi connectivity index (χ0) is 9.26. The number of Topliss-reactive ketones (excluding diaryl/α,β-unsaturated/α-hetero) is 1. The van der Waals surface area contributed by atoms with Crippen LogP contribution in [0, 0.1) is 0 Å². The number of fused-ring (bicyclic) bond motifs is 1. The summed E-state index contributed by atoms with van der Waals surface area (Å²) >= 11 is 0. The molecular weight excluding hydrogens is 162 g/mol. The molecular formula is C11H11NO. The third-order valence-corrected chi connectivity index (χ3v) is 2.37. The summed E-state index contributed by atoms with van der Waals surface area (Å²) in [6, 6.07) is 0. The monoisotopic (exact) mass is 173 g/mol. The van der Waals surface area contributed by atoms with Gasteiger partial charge in [-0.05, 0) is 24.0 Å². The van der Waals surface area contributed by atoms with Crippen molar-refractivity contribution >= 4 is 5.78 Å². The number of pyridine rings is 1. The standard InChI is InChI=1S/C11H11NO/c1-2-3-8-6-12-7-9-4-5-10(13)11(8)9/h2,6-7H,1,3-5H2. The number of rotatable bonds is 2. The Kier molecular flexibility index (Phi) is 1.97. The Labute approximate surface area is 77.3 Å². The Morgan fingerprint density at radius 1 is 1.46 bits per heavy atom. The van der Waals surface area contributed by atoms with Gasteiger partial charge in [0.2, 0.25) is 0 Å². The molecule has 0 fully saturated rings. The summed E-state index contributed by atoms with van der Waals surface area (Å²) < 4.78 is 0. The molecule has 1 aromatic heterocycles. The van der Waals surface area contributed by atoms with Gasteiger partial charge in [-0.3, -0.25) is 9.78 Å². The van der Waals surface area contributed by atoms with E-state index in [1.807, 2.05) is 6.08 Å². The Morgan fingerprint density at radius 3 is 3.08 bits per heavy atom. The predicted octanol–water partition coefficient (Wildman–Crippen LogP) is 1.94. The first-order chi connectivity index (χ1) is 6.33. The maximum Gasteiger partial charge on any atom is 0.163 e. The van der Waals surface area contributed by atoms with E-state index in [2.05, 4.69) is 11.6 Å². The number of hydrogen-bond acceptors (Lipinski definition) is 2. The predicted molar refractivity (Wildman–Crippen MR) is 50.8 cm³/mol. The molecule has 0 radical (unpaired) electrons. The topological polar surface area (TPSA) is 30.0 Å². The van der Waals surface area contributed by atoms with Crippen molar-refractivity contribution in [2.45, 2.75) is 19.3 Å². The maximum atomic E-state index is 11.5. The molecule has 0 bridgehead atoms. The van der Waals surface area contributed by atoms with E-state index in [-0.39, 0.29) is 5.78 Å². The summed E-state index contributed by atoms with van der Waals surface area (Å²) in [4.78, 5) is 15.6. The lowest BCUT2D eigenvalue weighted by Crippen LogP contribution is -1.99. The lowest BCUT2D eigenvalue weighted by Gasteiger charge is -2.02. The number of aryl methyl sites for hydroxylation is 1. The maximum absolute atomic E-state index is 11.5. The van der Waals surface area contributed by atoms with E-state index in [9.17, 15) is 4.79 Å². The second-order valence-electron chi connectivity index (χ2n) is 3.25. The smallest absolute Gasteiger partial charge is 0.163 e. The zero-order valence-corrected chi connectivity index (χ0v) is 7.42. The molecule has 0 N–H and O–H groups in total. The molecule has 0 aliphatic heterocycles. The van der Waals surface area contributed by atoms with Crippen molar-refractivity contribution in [2.75, 3.05) is 0 Å². The molecule has 13 heavy (non-hydrogen) atoms. The minimum absolute atomic E-state index is 0.259. The molecule has 2 nitrogen and oxygen atoms in total. The first-order valence-corrected chi connectivity index (χ1v) is 4.43. The molecule has 0 saturated heterocycles. The Balaban J connectivity index is 2.52. The van der Waals surface area contributed by atoms with Crippen LogP contribution in [0.4, 0.5) is 0 Å². The fraction of sp³-hybridized carbons (Fsp3) is 0.273. The van der Waals surface area contributed by atoms with E-state index in [1.54, 1.807) is 12.4 Å². The lowest BCUT2D eigenvalue weighted by atomic mass is 10.0. The Hall–Kier alpha value is -1.44. The van der Waals surface area contributed by atoms with E-state index in [1.165, 1.54) is 0 Å². The van der Waals surface area contributed by atoms with Crippen molar-refractivity contribution in [3.05, 3.63) is 41.7 Å². The highest BCUT2D eigenvalue weighted by atomic mass is 16.1. The van der Waals surface area contributed by atoms with E-state index in [4.69, 9.17) is 0 Å². The number of hydrogen-bond donors (Lipinski definition) is 0. The van der Waals surface area contributed by atoms with Crippen molar-refractivity contribution < 1.29 is 4.79 Å². The quantitative estimate of drug-likeness (QED) is 0.640. The molecule has 2 rings (SSSR count). The molecule has 1 aromatic rings. The van der Waals surface area contributed by atoms with Crippen LogP contribution in [0.1, 0.15) is 27.9 Å². The second-order valence-corrected chi connectivity index (χ2v) is 3.25. The van der Waals surface area contributed by atoms with Crippen molar-refractivity contribution in [3.8, 4) is 0 Å². The van der Waals surface area contributed by atoms with Crippen LogP contribution >= 0.6 is 0 Å². The molecule has 0 spiro atoms. The summed E-state index contributed by atoms with van der Waals surface area (Å²) in [6.07, 6.45) is 7.61. The highest BCUT2D eigenvalue weighted by Crippen LogP contribution is 2.24. The minimum atomic E-state index is 0.259. The van der Waals surface area contributed by atoms with Crippen LogP contribution in [0.25, 0.3) is 0 Å². The van der Waals surface area contributed by atoms with Crippen molar-refractivity contribution in [1.29, 1.82) is 0 Å². The highest BCUT2D eigenvalue weighted by Gasteiger charge is 2.22. The van der Waals surface area contributed by atoms with Crippen LogP contribution in [-0.2, 0) is 12.8 Å². The number of carbonyl (C=O) groups excluding carboxylic acids is 1. The van der Waals surface area contributed by atoms with Crippen LogP contribution in [0.3, 0.4) is 0 Å². The molecule has 1 aliphatic rings. The summed E-state index contributed by atoms with van der Waals surface area (Å²) in [5.41, 5.74) is 3.02. The van der Waals surface area contributed by atoms with Crippen molar-refractivity contribution in [2.24, 2.45) is 0 Å². The first kappa shape index (κ1) is 8.17. The van der Waals surface area contributed by atoms with Gasteiger partial charge >= 0.3 is 0 Å². The largest absolute Gasteiger partial charge is 0.294 e. The van der Waals surface area contributed by atoms with Gasteiger partial charge < -0.3 is 0 Å². The van der Waals surface area contributed by atoms with Crippen LogP contribution < -0.4 is 0 Å². The average molecular weight is 173 g/mol. The molecule has 0 unspecified atom stereocenters. The highest BCUT2D eigenvalue weighted by molar-refractivity contribution is 6.01. The van der Waals surface area contributed by atoms with Gasteiger partial charge in [-0.2, -0.15) is 0 Å². The van der Waals surface area contributed by atoms with E-state index in [0.29, 0.717) is 6.42 Å². The van der Waals surface area contributed by atoms with Gasteiger partial charge in [0, 0.05) is 24.4 Å². The van der Waals surface area contributed by atoms with Gasteiger partial charge in [0.15, 0.2) is 5.78 Å². The fourth-order valence-electron chi connectivity index (χ4n) is 1.78. The molecule has 1 aliphatic carbocycles. The normalized spacial score (nSPS) is 14.3. The average Bonchev–Trinajstić information content (AvgIpc) is 2.50. The summed E-state index contributed by atoms with van der Waals surface area (Å²) in [7, 11) is 0. The van der Waals surface area contributed by atoms with Gasteiger partial charge in [-0.1, -0.05) is 6.08 Å². The molecule has 66 valence electrons. The molecule has 0 amide bonds. The summed E-state index contributed by atoms with van der Waals surface area (Å²) in [5, 5.41) is 0. The summed E-state index contributed by atoms with van der Waals surface area (Å²) in [6.45, 7) is 3.67. The molecule has 2 heteroatoms. The molecule has 0 aromatic carbocycles. The van der Waals surface area contributed by atoms with Crippen LogP contribution in [0.5, 0.6) is 0 Å². The third kappa shape index (κ3) is 1.28. The van der Waals surface area contributed by atoms with Crippen LogP contribution in [0.15, 0.2) is 25.0 Å². The van der Waals surface area contributed by atoms with Gasteiger partial charge in [-0.15, -0.1) is 6.58 Å². The van der Waals surface area contributed by atoms with Gasteiger partial charge in [0.25, 0.3) is 0 Å². The Bertz CT molecular complexity index is 368. The minimum Gasteiger partial charge on any atom is -0.294 e. The number of allylic oxidation sites excluding steroid dienone is 1. The number of aromatic nitrogens is 1. The number of nitrogens with zero attached hydrogens (tertiary/aromatic N) is 1. The van der Waals surface area contributed by atoms with E-state index < -0.39 is 0 Å².